The van der Waals surface area contributed by atoms with Crippen molar-refractivity contribution in [3.63, 3.8) is 0 Å². The molecule has 1 aliphatic heterocycles. The second-order valence-corrected chi connectivity index (χ2v) is 7.90. The van der Waals surface area contributed by atoms with E-state index in [1.54, 1.807) is 0 Å². The van der Waals surface area contributed by atoms with Crippen molar-refractivity contribution >= 4 is 22.5 Å². The number of aromatic nitrogens is 3. The van der Waals surface area contributed by atoms with Crippen LogP contribution in [-0.2, 0) is 6.54 Å². The number of pyridine rings is 3. The molecule has 4 aromatic rings. The van der Waals surface area contributed by atoms with Gasteiger partial charge in [-0.25, -0.2) is 9.97 Å². The van der Waals surface area contributed by atoms with Gasteiger partial charge < -0.3 is 5.32 Å². The van der Waals surface area contributed by atoms with Crippen molar-refractivity contribution < 1.29 is 0 Å². The van der Waals surface area contributed by atoms with Crippen LogP contribution in [0.25, 0.3) is 10.9 Å². The Hall–Kier alpha value is -3.31. The first kappa shape index (κ1) is 18.7. The summed E-state index contributed by atoms with van der Waals surface area (Å²) in [6.07, 6.45) is 4.17. The van der Waals surface area contributed by atoms with E-state index in [2.05, 4.69) is 56.6 Å². The lowest BCUT2D eigenvalue weighted by molar-refractivity contribution is 0.244. The van der Waals surface area contributed by atoms with Crippen LogP contribution in [0.4, 0.5) is 11.6 Å². The van der Waals surface area contributed by atoms with Gasteiger partial charge in [0.05, 0.1) is 17.3 Å². The summed E-state index contributed by atoms with van der Waals surface area (Å²) in [4.78, 5) is 16.4. The van der Waals surface area contributed by atoms with Crippen molar-refractivity contribution in [1.82, 2.24) is 19.9 Å². The number of nitrogens with zero attached hydrogens (tertiary/aromatic N) is 4. The maximum absolute atomic E-state index is 4.92. The molecule has 0 spiro atoms. The van der Waals surface area contributed by atoms with Crippen molar-refractivity contribution in [2.75, 3.05) is 11.9 Å². The Kier molecular flexibility index (Phi) is 5.11. The average Bonchev–Trinajstić information content (AvgIpc) is 3.22. The van der Waals surface area contributed by atoms with E-state index in [-0.39, 0.29) is 0 Å². The third-order valence-corrected chi connectivity index (χ3v) is 5.67. The number of likely N-dealkylation sites (tertiary alicyclic amines) is 1. The molecule has 0 bridgehead atoms. The van der Waals surface area contributed by atoms with Gasteiger partial charge in [-0.3, -0.25) is 9.88 Å². The van der Waals surface area contributed by atoms with Gasteiger partial charge in [0, 0.05) is 23.8 Å². The number of nitrogens with one attached hydrogen (secondary N) is 1. The SMILES string of the molecule is Cc1cccc(Nc2cccc([C@@H]3CCCN3Cc3ccc4ncccc4c3)n2)n1. The summed E-state index contributed by atoms with van der Waals surface area (Å²) < 4.78 is 0. The smallest absolute Gasteiger partial charge is 0.131 e. The van der Waals surface area contributed by atoms with E-state index in [1.807, 2.05) is 43.5 Å². The largest absolute Gasteiger partial charge is 0.325 e. The van der Waals surface area contributed by atoms with Crippen molar-refractivity contribution in [3.05, 3.63) is 89.9 Å². The molecule has 1 aliphatic rings. The zero-order chi connectivity index (χ0) is 20.3. The second-order valence-electron chi connectivity index (χ2n) is 7.90. The molecule has 1 aromatic carbocycles. The number of aryl methyl sites for hydroxylation is 1. The zero-order valence-corrected chi connectivity index (χ0v) is 17.1. The Morgan fingerprint density at radius 2 is 1.83 bits per heavy atom. The monoisotopic (exact) mass is 395 g/mol. The average molecular weight is 396 g/mol. The van der Waals surface area contributed by atoms with Gasteiger partial charge in [-0.2, -0.15) is 0 Å². The summed E-state index contributed by atoms with van der Waals surface area (Å²) in [6, 6.07) is 23.2. The standard InChI is InChI=1S/C25H25N5/c1-18-6-2-10-24(27-18)29-25-11-3-8-22(28-25)23-9-5-15-30(23)17-19-12-13-21-20(16-19)7-4-14-26-21/h2-4,6-8,10-14,16,23H,5,9,15,17H2,1H3,(H,27,28,29)/t23-/m0/s1. The Labute approximate surface area is 176 Å². The Bertz CT molecular complexity index is 1170. The minimum Gasteiger partial charge on any atom is -0.325 e. The number of fused-ring (bicyclic) bond motifs is 1. The second kappa shape index (κ2) is 8.20. The first-order chi connectivity index (χ1) is 14.7. The van der Waals surface area contributed by atoms with Crippen LogP contribution in [0.1, 0.15) is 35.8 Å². The number of anilines is 2. The van der Waals surface area contributed by atoms with Crippen LogP contribution in [-0.4, -0.2) is 26.4 Å². The number of rotatable bonds is 5. The fourth-order valence-corrected chi connectivity index (χ4v) is 4.26. The van der Waals surface area contributed by atoms with E-state index >= 15 is 0 Å². The maximum atomic E-state index is 4.92. The highest BCUT2D eigenvalue weighted by Gasteiger charge is 2.27. The predicted octanol–water partition coefficient (Wildman–Crippen LogP) is 5.41. The molecule has 5 nitrogen and oxygen atoms in total. The molecule has 0 unspecified atom stereocenters. The third-order valence-electron chi connectivity index (χ3n) is 5.67. The van der Waals surface area contributed by atoms with Crippen LogP contribution >= 0.6 is 0 Å². The molecule has 1 atom stereocenters. The summed E-state index contributed by atoms with van der Waals surface area (Å²) in [5.74, 6) is 1.67. The molecular formula is C25H25N5. The molecule has 1 N–H and O–H groups in total. The fraction of sp³-hybridized carbons (Fsp3) is 0.240. The number of benzene rings is 1. The van der Waals surface area contributed by atoms with Gasteiger partial charge >= 0.3 is 0 Å². The number of hydrogen-bond donors (Lipinski definition) is 1. The van der Waals surface area contributed by atoms with Crippen molar-refractivity contribution in [1.29, 1.82) is 0 Å². The normalized spacial score (nSPS) is 16.8. The predicted molar refractivity (Wildman–Crippen MR) is 121 cm³/mol. The van der Waals surface area contributed by atoms with Gasteiger partial charge in [0.2, 0.25) is 0 Å². The van der Waals surface area contributed by atoms with Crippen LogP contribution in [0.15, 0.2) is 72.9 Å². The molecule has 150 valence electrons. The molecule has 1 saturated heterocycles. The molecule has 5 heteroatoms. The van der Waals surface area contributed by atoms with Gasteiger partial charge in [-0.15, -0.1) is 0 Å². The molecule has 3 aromatic heterocycles. The fourth-order valence-electron chi connectivity index (χ4n) is 4.26. The third kappa shape index (κ3) is 4.02. The minimum absolute atomic E-state index is 0.335. The van der Waals surface area contributed by atoms with Gasteiger partial charge in [0.1, 0.15) is 11.6 Å². The zero-order valence-electron chi connectivity index (χ0n) is 17.1. The molecular weight excluding hydrogens is 370 g/mol. The summed E-state index contributed by atoms with van der Waals surface area (Å²) in [6.45, 7) is 4.01. The Morgan fingerprint density at radius 1 is 0.967 bits per heavy atom. The van der Waals surface area contributed by atoms with E-state index < -0.39 is 0 Å². The molecule has 0 saturated carbocycles. The van der Waals surface area contributed by atoms with Crippen LogP contribution in [0.5, 0.6) is 0 Å². The quantitative estimate of drug-likeness (QED) is 0.489. The summed E-state index contributed by atoms with van der Waals surface area (Å²) in [7, 11) is 0. The molecule has 4 heterocycles. The van der Waals surface area contributed by atoms with E-state index in [9.17, 15) is 0 Å². The molecule has 0 aliphatic carbocycles. The van der Waals surface area contributed by atoms with E-state index in [4.69, 9.17) is 4.98 Å². The van der Waals surface area contributed by atoms with E-state index in [0.717, 1.165) is 48.1 Å². The summed E-state index contributed by atoms with van der Waals surface area (Å²) in [5, 5.41) is 4.54. The lowest BCUT2D eigenvalue weighted by atomic mass is 10.1. The van der Waals surface area contributed by atoms with Crippen LogP contribution in [0.3, 0.4) is 0 Å². The minimum atomic E-state index is 0.335. The van der Waals surface area contributed by atoms with Crippen LogP contribution in [0.2, 0.25) is 0 Å². The first-order valence-electron chi connectivity index (χ1n) is 10.5. The van der Waals surface area contributed by atoms with Gasteiger partial charge in [0.15, 0.2) is 0 Å². The Balaban J connectivity index is 1.35. The molecule has 0 radical (unpaired) electrons. The van der Waals surface area contributed by atoms with Crippen molar-refractivity contribution in [2.45, 2.75) is 32.4 Å². The summed E-state index contributed by atoms with van der Waals surface area (Å²) in [5.41, 5.74) is 4.47. The van der Waals surface area contributed by atoms with Crippen LogP contribution < -0.4 is 5.32 Å². The first-order valence-corrected chi connectivity index (χ1v) is 10.5. The highest BCUT2D eigenvalue weighted by Crippen LogP contribution is 2.33. The van der Waals surface area contributed by atoms with Crippen molar-refractivity contribution in [3.8, 4) is 0 Å². The van der Waals surface area contributed by atoms with E-state index in [1.165, 1.54) is 17.4 Å². The maximum Gasteiger partial charge on any atom is 0.131 e. The highest BCUT2D eigenvalue weighted by atomic mass is 15.2. The summed E-state index contributed by atoms with van der Waals surface area (Å²) >= 11 is 0. The lowest BCUT2D eigenvalue weighted by Gasteiger charge is -2.24. The van der Waals surface area contributed by atoms with Crippen LogP contribution in [0, 0.1) is 6.92 Å². The highest BCUT2D eigenvalue weighted by molar-refractivity contribution is 5.78. The lowest BCUT2D eigenvalue weighted by Crippen LogP contribution is -2.23. The Morgan fingerprint density at radius 3 is 2.73 bits per heavy atom. The topological polar surface area (TPSA) is 53.9 Å². The molecule has 1 fully saturated rings. The van der Waals surface area contributed by atoms with Gasteiger partial charge in [0.25, 0.3) is 0 Å². The molecule has 0 amide bonds. The van der Waals surface area contributed by atoms with Crippen molar-refractivity contribution in [2.24, 2.45) is 0 Å². The molecule has 30 heavy (non-hydrogen) atoms. The van der Waals surface area contributed by atoms with E-state index in [0.29, 0.717) is 6.04 Å². The van der Waals surface area contributed by atoms with Gasteiger partial charge in [-0.05, 0) is 74.3 Å². The number of hydrogen-bond acceptors (Lipinski definition) is 5. The van der Waals surface area contributed by atoms with Gasteiger partial charge in [-0.1, -0.05) is 24.3 Å². The molecule has 5 rings (SSSR count).